The number of rotatable bonds is 6. The lowest BCUT2D eigenvalue weighted by Gasteiger charge is -2.46. The molecule has 0 saturated heterocycles. The topological polar surface area (TPSA) is 45.2 Å². The van der Waals surface area contributed by atoms with Crippen molar-refractivity contribution < 1.29 is 0 Å². The van der Waals surface area contributed by atoms with Gasteiger partial charge in [0.25, 0.3) is 0 Å². The van der Waals surface area contributed by atoms with Crippen LogP contribution in [0.15, 0.2) is 212 Å². The van der Waals surface area contributed by atoms with E-state index in [4.69, 9.17) is 15.0 Å². The predicted molar refractivity (Wildman–Crippen MR) is 234 cm³/mol. The average molecular weight is 730 g/mol. The van der Waals surface area contributed by atoms with Crippen molar-refractivity contribution in [3.63, 3.8) is 0 Å². The number of aromatic nitrogens is 3. The van der Waals surface area contributed by atoms with Gasteiger partial charge in [0.2, 0.25) is 5.95 Å². The summed E-state index contributed by atoms with van der Waals surface area (Å²) in [6.07, 6.45) is 0. The Morgan fingerprint density at radius 1 is 0.316 bits per heavy atom. The summed E-state index contributed by atoms with van der Waals surface area (Å²) in [5, 5.41) is 7.38. The van der Waals surface area contributed by atoms with E-state index in [2.05, 4.69) is 186 Å². The molecule has 0 saturated carbocycles. The maximum absolute atomic E-state index is 5.39. The highest BCUT2D eigenvalue weighted by Gasteiger charge is 2.55. The Hall–Kier alpha value is -7.63. The second-order valence-corrected chi connectivity index (χ2v) is 14.4. The van der Waals surface area contributed by atoms with E-state index in [1.165, 1.54) is 32.3 Å². The molecule has 0 bridgehead atoms. The van der Waals surface area contributed by atoms with Crippen molar-refractivity contribution in [2.45, 2.75) is 5.66 Å². The summed E-state index contributed by atoms with van der Waals surface area (Å²) in [5.41, 5.74) is 6.07. The van der Waals surface area contributed by atoms with Crippen molar-refractivity contribution in [3.05, 3.63) is 223 Å². The van der Waals surface area contributed by atoms with Gasteiger partial charge in [0.05, 0.1) is 11.4 Å². The lowest BCUT2D eigenvalue weighted by molar-refractivity contribution is 0.550. The van der Waals surface area contributed by atoms with Gasteiger partial charge in [-0.2, -0.15) is 9.97 Å². The minimum atomic E-state index is -0.976. The summed E-state index contributed by atoms with van der Waals surface area (Å²) in [6.45, 7) is 0. The predicted octanol–water partition coefficient (Wildman–Crippen LogP) is 12.9. The van der Waals surface area contributed by atoms with Gasteiger partial charge < -0.3 is 4.90 Å². The largest absolute Gasteiger partial charge is 0.308 e. The van der Waals surface area contributed by atoms with Crippen molar-refractivity contribution in [3.8, 4) is 22.8 Å². The molecule has 57 heavy (non-hydrogen) atoms. The molecule has 1 aliphatic heterocycles. The third-order valence-electron chi connectivity index (χ3n) is 11.2. The minimum absolute atomic E-state index is 0.544. The van der Waals surface area contributed by atoms with Gasteiger partial charge in [-0.3, -0.25) is 4.90 Å². The van der Waals surface area contributed by atoms with E-state index < -0.39 is 5.66 Å². The van der Waals surface area contributed by atoms with Crippen LogP contribution in [0.5, 0.6) is 0 Å². The monoisotopic (exact) mass is 729 g/mol. The summed E-state index contributed by atoms with van der Waals surface area (Å²) in [5.74, 6) is 1.76. The number of nitrogens with zero attached hydrogens (tertiary/aromatic N) is 5. The minimum Gasteiger partial charge on any atom is -0.308 e. The summed E-state index contributed by atoms with van der Waals surface area (Å²) in [7, 11) is 0. The molecular formula is C52H35N5. The van der Waals surface area contributed by atoms with E-state index in [-0.39, 0.29) is 0 Å². The van der Waals surface area contributed by atoms with Crippen LogP contribution in [-0.2, 0) is 5.66 Å². The van der Waals surface area contributed by atoms with Gasteiger partial charge in [0, 0.05) is 27.9 Å². The Morgan fingerprint density at radius 2 is 0.702 bits per heavy atom. The molecule has 268 valence electrons. The Balaban J connectivity index is 1.26. The van der Waals surface area contributed by atoms with E-state index in [0.717, 1.165) is 39.3 Å². The number of hydrogen-bond donors (Lipinski definition) is 0. The fourth-order valence-electron chi connectivity index (χ4n) is 8.83. The first-order valence-electron chi connectivity index (χ1n) is 19.3. The SMILES string of the molecule is c1ccc(-c2nc(-c3ccccc3)nc(N3c4ccccc4N(c4ccc5c6ccccc6c6ccccc6c5c4)C3(c3ccccc3)c3ccccc3)n2)cc1. The van der Waals surface area contributed by atoms with Crippen LogP contribution in [0.1, 0.15) is 11.1 Å². The van der Waals surface area contributed by atoms with Crippen molar-refractivity contribution in [1.29, 1.82) is 0 Å². The molecule has 11 rings (SSSR count). The number of benzene rings is 9. The molecule has 0 fully saturated rings. The van der Waals surface area contributed by atoms with Crippen LogP contribution >= 0.6 is 0 Å². The first-order valence-corrected chi connectivity index (χ1v) is 19.3. The van der Waals surface area contributed by atoms with E-state index in [9.17, 15) is 0 Å². The lowest BCUT2D eigenvalue weighted by atomic mass is 9.87. The molecule has 0 N–H and O–H groups in total. The summed E-state index contributed by atoms with van der Waals surface area (Å²) < 4.78 is 0. The fourth-order valence-corrected chi connectivity index (χ4v) is 8.83. The maximum atomic E-state index is 5.39. The molecule has 10 aromatic rings. The van der Waals surface area contributed by atoms with Crippen LogP contribution in [0.2, 0.25) is 0 Å². The zero-order valence-electron chi connectivity index (χ0n) is 30.9. The molecule has 5 nitrogen and oxygen atoms in total. The van der Waals surface area contributed by atoms with Crippen LogP contribution in [-0.4, -0.2) is 15.0 Å². The van der Waals surface area contributed by atoms with Gasteiger partial charge >= 0.3 is 0 Å². The average Bonchev–Trinajstić information content (AvgIpc) is 3.62. The summed E-state index contributed by atoms with van der Waals surface area (Å²) in [4.78, 5) is 20.7. The van der Waals surface area contributed by atoms with Gasteiger partial charge in [-0.1, -0.05) is 188 Å². The molecule has 0 amide bonds. The molecule has 1 aromatic heterocycles. The zero-order valence-corrected chi connectivity index (χ0v) is 30.9. The van der Waals surface area contributed by atoms with Gasteiger partial charge in [-0.25, -0.2) is 4.98 Å². The second kappa shape index (κ2) is 13.3. The Kier molecular flexibility index (Phi) is 7.64. The van der Waals surface area contributed by atoms with Crippen LogP contribution in [0.4, 0.5) is 23.0 Å². The Bertz CT molecular complexity index is 2950. The third kappa shape index (κ3) is 5.13. The zero-order chi connectivity index (χ0) is 37.8. The molecule has 2 heterocycles. The normalized spacial score (nSPS) is 13.3. The quantitative estimate of drug-likeness (QED) is 0.159. The molecule has 0 spiro atoms. The lowest BCUT2D eigenvalue weighted by Crippen LogP contribution is -2.52. The van der Waals surface area contributed by atoms with Crippen LogP contribution < -0.4 is 9.80 Å². The van der Waals surface area contributed by atoms with Crippen LogP contribution in [0, 0.1) is 0 Å². The Morgan fingerprint density at radius 3 is 1.19 bits per heavy atom. The van der Waals surface area contributed by atoms with E-state index >= 15 is 0 Å². The summed E-state index contributed by atoms with van der Waals surface area (Å²) >= 11 is 0. The Labute approximate surface area is 330 Å². The molecule has 0 unspecified atom stereocenters. The second-order valence-electron chi connectivity index (χ2n) is 14.4. The standard InChI is InChI=1S/C52H35N5/c1-5-19-36(20-6-1)49-53-50(37-21-7-2-8-22-37)55-51(54-49)57-48-32-18-17-31-47(48)56(52(57,38-23-9-3-10-24-38)39-25-11-4-12-26-39)40-33-34-45-43-29-14-13-27-41(43)42-28-15-16-30-44(42)46(45)35-40/h1-35H. The van der Waals surface area contributed by atoms with Crippen molar-refractivity contribution in [2.75, 3.05) is 9.80 Å². The number of hydrogen-bond acceptors (Lipinski definition) is 5. The van der Waals surface area contributed by atoms with E-state index in [1.807, 2.05) is 36.4 Å². The number of anilines is 4. The molecule has 0 radical (unpaired) electrons. The highest BCUT2D eigenvalue weighted by molar-refractivity contribution is 6.25. The van der Waals surface area contributed by atoms with Crippen molar-refractivity contribution >= 4 is 55.3 Å². The molecule has 5 heteroatoms. The van der Waals surface area contributed by atoms with E-state index in [0.29, 0.717) is 17.6 Å². The van der Waals surface area contributed by atoms with Crippen molar-refractivity contribution in [1.82, 2.24) is 15.0 Å². The van der Waals surface area contributed by atoms with Gasteiger partial charge in [0.1, 0.15) is 0 Å². The molecule has 0 atom stereocenters. The van der Waals surface area contributed by atoms with Crippen LogP contribution in [0.25, 0.3) is 55.1 Å². The van der Waals surface area contributed by atoms with Crippen molar-refractivity contribution in [2.24, 2.45) is 0 Å². The molecule has 9 aromatic carbocycles. The van der Waals surface area contributed by atoms with Gasteiger partial charge in [0.15, 0.2) is 17.3 Å². The number of fused-ring (bicyclic) bond motifs is 7. The van der Waals surface area contributed by atoms with Crippen LogP contribution in [0.3, 0.4) is 0 Å². The van der Waals surface area contributed by atoms with Gasteiger partial charge in [-0.15, -0.1) is 0 Å². The third-order valence-corrected chi connectivity index (χ3v) is 11.2. The highest BCUT2D eigenvalue weighted by atomic mass is 15.5. The fraction of sp³-hybridized carbons (Fsp3) is 0.0192. The first-order chi connectivity index (χ1) is 28.3. The number of para-hydroxylation sites is 2. The van der Waals surface area contributed by atoms with Gasteiger partial charge in [-0.05, 0) is 56.6 Å². The smallest absolute Gasteiger partial charge is 0.236 e. The summed E-state index contributed by atoms with van der Waals surface area (Å²) in [6, 6.07) is 75.0. The molecule has 0 aliphatic carbocycles. The molecular weight excluding hydrogens is 695 g/mol. The maximum Gasteiger partial charge on any atom is 0.236 e. The first kappa shape index (κ1) is 32.8. The van der Waals surface area contributed by atoms with E-state index in [1.54, 1.807) is 0 Å². The highest BCUT2D eigenvalue weighted by Crippen LogP contribution is 2.59. The molecule has 1 aliphatic rings.